The quantitative estimate of drug-likeness (QED) is 0.636. The summed E-state index contributed by atoms with van der Waals surface area (Å²) in [4.78, 5) is 4.65. The highest BCUT2D eigenvalue weighted by atomic mass is 16.5. The molecule has 0 spiro atoms. The summed E-state index contributed by atoms with van der Waals surface area (Å²) >= 11 is 0. The lowest BCUT2D eigenvalue weighted by molar-refractivity contribution is 0.414. The monoisotopic (exact) mass is 311 g/mol. The van der Waals surface area contributed by atoms with Crippen LogP contribution in [0.15, 0.2) is 53.5 Å². The first kappa shape index (κ1) is 16.9. The Kier molecular flexibility index (Phi) is 6.48. The highest BCUT2D eigenvalue weighted by molar-refractivity contribution is 5.79. The third-order valence-corrected chi connectivity index (χ3v) is 3.41. The molecule has 2 rings (SSSR count). The SMILES string of the molecule is CCNC(=NCc1cc(C)cc(OC)c1)NCc1ccccc1. The molecule has 0 bridgehead atoms. The third-order valence-electron chi connectivity index (χ3n) is 3.41. The van der Waals surface area contributed by atoms with E-state index in [1.807, 2.05) is 30.3 Å². The van der Waals surface area contributed by atoms with Gasteiger partial charge in [-0.15, -0.1) is 0 Å². The van der Waals surface area contributed by atoms with Crippen LogP contribution < -0.4 is 15.4 Å². The molecule has 0 aliphatic rings. The van der Waals surface area contributed by atoms with Crippen molar-refractivity contribution in [3.63, 3.8) is 0 Å². The van der Waals surface area contributed by atoms with Gasteiger partial charge in [-0.2, -0.15) is 0 Å². The summed E-state index contributed by atoms with van der Waals surface area (Å²) in [6.07, 6.45) is 0. The maximum absolute atomic E-state index is 5.32. The van der Waals surface area contributed by atoms with Crippen LogP contribution in [0.25, 0.3) is 0 Å². The van der Waals surface area contributed by atoms with Gasteiger partial charge in [0.2, 0.25) is 0 Å². The van der Waals surface area contributed by atoms with Crippen molar-refractivity contribution in [2.45, 2.75) is 26.9 Å². The van der Waals surface area contributed by atoms with E-state index in [0.717, 1.165) is 30.4 Å². The summed E-state index contributed by atoms with van der Waals surface area (Å²) in [5, 5.41) is 6.63. The van der Waals surface area contributed by atoms with Crippen LogP contribution in [0.4, 0.5) is 0 Å². The standard InChI is InChI=1S/C19H25N3O/c1-4-20-19(21-13-16-8-6-5-7-9-16)22-14-17-10-15(2)11-18(12-17)23-3/h5-12H,4,13-14H2,1-3H3,(H2,20,21,22). The molecule has 4 nitrogen and oxygen atoms in total. The number of guanidine groups is 1. The summed E-state index contributed by atoms with van der Waals surface area (Å²) in [6.45, 7) is 6.33. The molecule has 2 aromatic carbocycles. The fraction of sp³-hybridized carbons (Fsp3) is 0.316. The lowest BCUT2D eigenvalue weighted by atomic mass is 10.1. The van der Waals surface area contributed by atoms with Crippen LogP contribution in [0, 0.1) is 6.92 Å². The number of hydrogen-bond acceptors (Lipinski definition) is 2. The number of methoxy groups -OCH3 is 1. The molecule has 0 saturated carbocycles. The van der Waals surface area contributed by atoms with E-state index in [0.29, 0.717) is 6.54 Å². The minimum atomic E-state index is 0.613. The number of benzene rings is 2. The Morgan fingerprint density at radius 2 is 1.83 bits per heavy atom. The summed E-state index contributed by atoms with van der Waals surface area (Å²) in [6, 6.07) is 16.5. The molecular formula is C19H25N3O. The van der Waals surface area contributed by atoms with Crippen LogP contribution >= 0.6 is 0 Å². The molecule has 2 aromatic rings. The highest BCUT2D eigenvalue weighted by Gasteiger charge is 2.01. The van der Waals surface area contributed by atoms with E-state index in [4.69, 9.17) is 4.74 Å². The summed E-state index contributed by atoms with van der Waals surface area (Å²) in [5.41, 5.74) is 3.55. The molecule has 0 fully saturated rings. The molecule has 2 N–H and O–H groups in total. The summed E-state index contributed by atoms with van der Waals surface area (Å²) in [5.74, 6) is 1.69. The minimum Gasteiger partial charge on any atom is -0.497 e. The molecule has 0 heterocycles. The van der Waals surface area contributed by atoms with Gasteiger partial charge in [0.05, 0.1) is 13.7 Å². The molecule has 0 aromatic heterocycles. The Morgan fingerprint density at radius 1 is 1.04 bits per heavy atom. The molecule has 0 aliphatic heterocycles. The number of aryl methyl sites for hydroxylation is 1. The first-order valence-corrected chi connectivity index (χ1v) is 7.92. The van der Waals surface area contributed by atoms with Crippen molar-refractivity contribution in [1.29, 1.82) is 0 Å². The van der Waals surface area contributed by atoms with E-state index in [-0.39, 0.29) is 0 Å². The molecule has 23 heavy (non-hydrogen) atoms. The van der Waals surface area contributed by atoms with Crippen molar-refractivity contribution in [3.05, 3.63) is 65.2 Å². The second-order valence-electron chi connectivity index (χ2n) is 5.39. The van der Waals surface area contributed by atoms with Crippen LogP contribution in [-0.4, -0.2) is 19.6 Å². The van der Waals surface area contributed by atoms with E-state index in [2.05, 4.69) is 47.7 Å². The Hall–Kier alpha value is -2.49. The smallest absolute Gasteiger partial charge is 0.191 e. The number of aliphatic imine (C=N–C) groups is 1. The fourth-order valence-corrected chi connectivity index (χ4v) is 2.33. The number of hydrogen-bond donors (Lipinski definition) is 2. The van der Waals surface area contributed by atoms with Gasteiger partial charge in [-0.1, -0.05) is 36.4 Å². The zero-order valence-corrected chi connectivity index (χ0v) is 14.1. The average Bonchev–Trinajstić information content (AvgIpc) is 2.57. The number of nitrogens with one attached hydrogen (secondary N) is 2. The van der Waals surface area contributed by atoms with Gasteiger partial charge in [-0.05, 0) is 42.7 Å². The Morgan fingerprint density at radius 3 is 2.52 bits per heavy atom. The van der Waals surface area contributed by atoms with Crippen LogP contribution in [0.3, 0.4) is 0 Å². The van der Waals surface area contributed by atoms with Crippen molar-refractivity contribution < 1.29 is 4.74 Å². The maximum Gasteiger partial charge on any atom is 0.191 e. The van der Waals surface area contributed by atoms with Crippen molar-refractivity contribution in [2.24, 2.45) is 4.99 Å². The first-order chi connectivity index (χ1) is 11.2. The van der Waals surface area contributed by atoms with E-state index in [1.54, 1.807) is 7.11 Å². The predicted molar refractivity (Wildman–Crippen MR) is 95.8 cm³/mol. The first-order valence-electron chi connectivity index (χ1n) is 7.92. The van der Waals surface area contributed by atoms with Crippen LogP contribution in [0.5, 0.6) is 5.75 Å². The molecule has 4 heteroatoms. The van der Waals surface area contributed by atoms with Crippen molar-refractivity contribution >= 4 is 5.96 Å². The van der Waals surface area contributed by atoms with Crippen molar-refractivity contribution in [1.82, 2.24) is 10.6 Å². The fourth-order valence-electron chi connectivity index (χ4n) is 2.33. The van der Waals surface area contributed by atoms with Gasteiger partial charge in [0, 0.05) is 13.1 Å². The van der Waals surface area contributed by atoms with Crippen LogP contribution in [0.2, 0.25) is 0 Å². The van der Waals surface area contributed by atoms with Gasteiger partial charge < -0.3 is 15.4 Å². The maximum atomic E-state index is 5.32. The lowest BCUT2D eigenvalue weighted by Crippen LogP contribution is -2.36. The van der Waals surface area contributed by atoms with Gasteiger partial charge in [0.25, 0.3) is 0 Å². The predicted octanol–water partition coefficient (Wildman–Crippen LogP) is 3.26. The molecule has 0 radical (unpaired) electrons. The van der Waals surface area contributed by atoms with E-state index in [1.165, 1.54) is 11.1 Å². The van der Waals surface area contributed by atoms with Gasteiger partial charge in [-0.25, -0.2) is 4.99 Å². The normalized spacial score (nSPS) is 11.2. The highest BCUT2D eigenvalue weighted by Crippen LogP contribution is 2.16. The molecule has 0 saturated heterocycles. The Bertz CT molecular complexity index is 638. The second kappa shape index (κ2) is 8.83. The van der Waals surface area contributed by atoms with E-state index in [9.17, 15) is 0 Å². The summed E-state index contributed by atoms with van der Waals surface area (Å²) < 4.78 is 5.32. The van der Waals surface area contributed by atoms with E-state index < -0.39 is 0 Å². The zero-order chi connectivity index (χ0) is 16.5. The molecular weight excluding hydrogens is 286 g/mol. The van der Waals surface area contributed by atoms with E-state index >= 15 is 0 Å². The summed E-state index contributed by atoms with van der Waals surface area (Å²) in [7, 11) is 1.69. The minimum absolute atomic E-state index is 0.613. The van der Waals surface area contributed by atoms with Crippen molar-refractivity contribution in [3.8, 4) is 5.75 Å². The van der Waals surface area contributed by atoms with Crippen molar-refractivity contribution in [2.75, 3.05) is 13.7 Å². The number of rotatable bonds is 6. The van der Waals surface area contributed by atoms with Gasteiger partial charge in [0.1, 0.15) is 5.75 Å². The Balaban J connectivity index is 2.02. The number of ether oxygens (including phenoxy) is 1. The zero-order valence-electron chi connectivity index (χ0n) is 14.1. The van der Waals surface area contributed by atoms with Gasteiger partial charge >= 0.3 is 0 Å². The molecule has 0 amide bonds. The largest absolute Gasteiger partial charge is 0.497 e. The molecule has 122 valence electrons. The van der Waals surface area contributed by atoms with Crippen LogP contribution in [0.1, 0.15) is 23.6 Å². The van der Waals surface area contributed by atoms with Gasteiger partial charge in [0.15, 0.2) is 5.96 Å². The van der Waals surface area contributed by atoms with Crippen LogP contribution in [-0.2, 0) is 13.1 Å². The average molecular weight is 311 g/mol. The third kappa shape index (κ3) is 5.66. The Labute approximate surface area is 138 Å². The molecule has 0 unspecified atom stereocenters. The molecule has 0 aliphatic carbocycles. The second-order valence-corrected chi connectivity index (χ2v) is 5.39. The number of nitrogens with zero attached hydrogens (tertiary/aromatic N) is 1. The van der Waals surface area contributed by atoms with Gasteiger partial charge in [-0.3, -0.25) is 0 Å². The topological polar surface area (TPSA) is 45.7 Å². The molecule has 0 atom stereocenters. The lowest BCUT2D eigenvalue weighted by Gasteiger charge is -2.12.